The van der Waals surface area contributed by atoms with Crippen LogP contribution >= 0.6 is 0 Å². The van der Waals surface area contributed by atoms with Gasteiger partial charge in [-0.3, -0.25) is 9.59 Å². The number of hydrogen-bond donors (Lipinski definition) is 2. The van der Waals surface area contributed by atoms with E-state index in [0.29, 0.717) is 25.9 Å². The Labute approximate surface area is 124 Å². The molecule has 1 aromatic rings. The van der Waals surface area contributed by atoms with E-state index in [1.54, 1.807) is 4.90 Å². The molecule has 2 atom stereocenters. The van der Waals surface area contributed by atoms with Gasteiger partial charge < -0.3 is 15.5 Å². The van der Waals surface area contributed by atoms with Crippen LogP contribution in [0.5, 0.6) is 0 Å². The van der Waals surface area contributed by atoms with Crippen LogP contribution in [-0.2, 0) is 9.59 Å². The van der Waals surface area contributed by atoms with E-state index in [1.807, 2.05) is 25.1 Å². The minimum absolute atomic E-state index is 0.0259. The topological polar surface area (TPSA) is 61.4 Å². The highest BCUT2D eigenvalue weighted by Crippen LogP contribution is 2.33. The van der Waals surface area contributed by atoms with Gasteiger partial charge in [0.1, 0.15) is 6.04 Å². The first-order chi connectivity index (χ1) is 10.2. The number of carbonyl (C=O) groups is 2. The van der Waals surface area contributed by atoms with Crippen molar-refractivity contribution in [3.8, 4) is 0 Å². The largest absolute Gasteiger partial charge is 0.384 e. The van der Waals surface area contributed by atoms with Gasteiger partial charge in [-0.2, -0.15) is 0 Å². The van der Waals surface area contributed by atoms with Crippen LogP contribution in [0.4, 0.5) is 5.69 Å². The summed E-state index contributed by atoms with van der Waals surface area (Å²) in [6, 6.07) is 7.82. The van der Waals surface area contributed by atoms with Gasteiger partial charge in [0.2, 0.25) is 11.8 Å². The predicted octanol–water partition coefficient (Wildman–Crippen LogP) is 1.32. The lowest BCUT2D eigenvalue weighted by molar-refractivity contribution is -0.143. The fourth-order valence-corrected chi connectivity index (χ4v) is 3.29. The smallest absolute Gasteiger partial charge is 0.242 e. The number of anilines is 1. The summed E-state index contributed by atoms with van der Waals surface area (Å²) in [6.45, 7) is 3.91. The number of para-hydroxylation sites is 1. The van der Waals surface area contributed by atoms with Gasteiger partial charge >= 0.3 is 0 Å². The summed E-state index contributed by atoms with van der Waals surface area (Å²) in [5.74, 6) is 0.262. The van der Waals surface area contributed by atoms with Crippen LogP contribution in [0.1, 0.15) is 31.2 Å². The normalized spacial score (nSPS) is 24.2. The van der Waals surface area contributed by atoms with Crippen LogP contribution in [0, 0.1) is 0 Å². The molecule has 21 heavy (non-hydrogen) atoms. The van der Waals surface area contributed by atoms with Crippen molar-refractivity contribution in [2.75, 3.05) is 25.0 Å². The number of nitrogens with zero attached hydrogens (tertiary/aromatic N) is 1. The van der Waals surface area contributed by atoms with Crippen molar-refractivity contribution in [3.63, 3.8) is 0 Å². The second-order valence-electron chi connectivity index (χ2n) is 5.67. The lowest BCUT2D eigenvalue weighted by Crippen LogP contribution is -2.57. The number of nitrogens with one attached hydrogen (secondary N) is 2. The average molecular weight is 287 g/mol. The summed E-state index contributed by atoms with van der Waals surface area (Å²) < 4.78 is 0. The second-order valence-corrected chi connectivity index (χ2v) is 5.67. The van der Waals surface area contributed by atoms with E-state index < -0.39 is 0 Å². The highest BCUT2D eigenvalue weighted by Gasteiger charge is 2.33. The maximum Gasteiger partial charge on any atom is 0.242 e. The summed E-state index contributed by atoms with van der Waals surface area (Å²) in [4.78, 5) is 26.2. The molecule has 1 saturated heterocycles. The fraction of sp³-hybridized carbons (Fsp3) is 0.500. The highest BCUT2D eigenvalue weighted by molar-refractivity contribution is 5.89. The lowest BCUT2D eigenvalue weighted by Gasteiger charge is -2.35. The van der Waals surface area contributed by atoms with E-state index in [9.17, 15) is 9.59 Å². The zero-order valence-electron chi connectivity index (χ0n) is 12.3. The Morgan fingerprint density at radius 2 is 2.14 bits per heavy atom. The van der Waals surface area contributed by atoms with E-state index in [4.69, 9.17) is 0 Å². The van der Waals surface area contributed by atoms with Crippen molar-refractivity contribution < 1.29 is 9.59 Å². The quantitative estimate of drug-likeness (QED) is 0.881. The van der Waals surface area contributed by atoms with E-state index >= 15 is 0 Å². The molecule has 2 amide bonds. The third-order valence-corrected chi connectivity index (χ3v) is 4.40. The zero-order chi connectivity index (χ0) is 14.8. The molecule has 0 aliphatic carbocycles. The number of benzene rings is 1. The Morgan fingerprint density at radius 3 is 2.95 bits per heavy atom. The van der Waals surface area contributed by atoms with Crippen molar-refractivity contribution in [3.05, 3.63) is 29.8 Å². The molecule has 0 aromatic heterocycles. The van der Waals surface area contributed by atoms with Crippen LogP contribution in [0.2, 0.25) is 0 Å². The van der Waals surface area contributed by atoms with Gasteiger partial charge in [0.15, 0.2) is 0 Å². The fourth-order valence-electron chi connectivity index (χ4n) is 3.29. The van der Waals surface area contributed by atoms with Gasteiger partial charge in [0.25, 0.3) is 0 Å². The van der Waals surface area contributed by atoms with Crippen LogP contribution in [0.15, 0.2) is 24.3 Å². The average Bonchev–Trinajstić information content (AvgIpc) is 2.90. The molecule has 2 aliphatic heterocycles. The van der Waals surface area contributed by atoms with Gasteiger partial charge in [-0.25, -0.2) is 0 Å². The third-order valence-electron chi connectivity index (χ3n) is 4.40. The highest BCUT2D eigenvalue weighted by atomic mass is 16.2. The molecule has 1 fully saturated rings. The van der Waals surface area contributed by atoms with Crippen molar-refractivity contribution in [1.82, 2.24) is 10.2 Å². The first-order valence-corrected chi connectivity index (χ1v) is 7.60. The molecule has 3 rings (SSSR count). The van der Waals surface area contributed by atoms with Crippen molar-refractivity contribution in [2.45, 2.75) is 31.7 Å². The van der Waals surface area contributed by atoms with Gasteiger partial charge in [0.05, 0.1) is 0 Å². The van der Waals surface area contributed by atoms with Crippen LogP contribution in [-0.4, -0.2) is 42.4 Å². The minimum atomic E-state index is -0.309. The summed E-state index contributed by atoms with van der Waals surface area (Å²) in [5, 5.41) is 6.17. The van der Waals surface area contributed by atoms with Gasteiger partial charge in [-0.15, -0.1) is 0 Å². The molecule has 0 bridgehead atoms. The molecule has 2 aliphatic rings. The van der Waals surface area contributed by atoms with Crippen LogP contribution in [0.3, 0.4) is 0 Å². The number of amides is 2. The maximum atomic E-state index is 12.6. The molecule has 112 valence electrons. The first kappa shape index (κ1) is 13.9. The number of piperazine rings is 1. The molecule has 2 unspecified atom stereocenters. The lowest BCUT2D eigenvalue weighted by atomic mass is 9.96. The number of rotatable bonds is 3. The van der Waals surface area contributed by atoms with Crippen molar-refractivity contribution in [1.29, 1.82) is 0 Å². The van der Waals surface area contributed by atoms with Crippen molar-refractivity contribution >= 4 is 17.5 Å². The zero-order valence-corrected chi connectivity index (χ0v) is 12.3. The Hall–Kier alpha value is -2.04. The van der Waals surface area contributed by atoms with E-state index in [2.05, 4.69) is 16.7 Å². The van der Waals surface area contributed by atoms with Gasteiger partial charge in [0, 0.05) is 37.7 Å². The molecule has 0 spiro atoms. The second kappa shape index (κ2) is 5.76. The molecule has 5 heteroatoms. The molecule has 2 heterocycles. The van der Waals surface area contributed by atoms with Crippen LogP contribution in [0.25, 0.3) is 0 Å². The summed E-state index contributed by atoms with van der Waals surface area (Å²) in [5.41, 5.74) is 2.33. The van der Waals surface area contributed by atoms with Crippen LogP contribution < -0.4 is 10.6 Å². The monoisotopic (exact) mass is 287 g/mol. The number of carbonyl (C=O) groups excluding carboxylic acids is 2. The SMILES string of the molecule is CCC1C(=O)NCCN1C(=O)CC1CNc2ccccc21. The Bertz CT molecular complexity index is 558. The molecule has 0 saturated carbocycles. The molecule has 1 aromatic carbocycles. The molecular formula is C16H21N3O2. The maximum absolute atomic E-state index is 12.6. The molecule has 2 N–H and O–H groups in total. The van der Waals surface area contributed by atoms with Crippen molar-refractivity contribution in [2.24, 2.45) is 0 Å². The molecule has 5 nitrogen and oxygen atoms in total. The van der Waals surface area contributed by atoms with Gasteiger partial charge in [-0.1, -0.05) is 25.1 Å². The standard InChI is InChI=1S/C16H21N3O2/c1-2-14-16(21)17-7-8-19(14)15(20)9-11-10-18-13-6-4-3-5-12(11)13/h3-6,11,14,18H,2,7-10H2,1H3,(H,17,21). The Morgan fingerprint density at radius 1 is 1.33 bits per heavy atom. The summed E-state index contributed by atoms with van der Waals surface area (Å²) >= 11 is 0. The van der Waals surface area contributed by atoms with E-state index in [1.165, 1.54) is 5.56 Å². The number of hydrogen-bond acceptors (Lipinski definition) is 3. The predicted molar refractivity (Wildman–Crippen MR) is 81.1 cm³/mol. The van der Waals surface area contributed by atoms with Gasteiger partial charge in [-0.05, 0) is 18.1 Å². The molecular weight excluding hydrogens is 266 g/mol. The molecule has 0 radical (unpaired) electrons. The minimum Gasteiger partial charge on any atom is -0.384 e. The summed E-state index contributed by atoms with van der Waals surface area (Å²) in [6.07, 6.45) is 1.13. The number of fused-ring (bicyclic) bond motifs is 1. The summed E-state index contributed by atoms with van der Waals surface area (Å²) in [7, 11) is 0. The Kier molecular flexibility index (Phi) is 3.82. The Balaban J connectivity index is 1.71. The van der Waals surface area contributed by atoms with E-state index in [-0.39, 0.29) is 23.8 Å². The third kappa shape index (κ3) is 2.60. The first-order valence-electron chi connectivity index (χ1n) is 7.60. The van der Waals surface area contributed by atoms with E-state index in [0.717, 1.165) is 12.2 Å².